The second kappa shape index (κ2) is 9.21. The first kappa shape index (κ1) is 21.0. The Kier molecular flexibility index (Phi) is 6.46. The lowest BCUT2D eigenvalue weighted by atomic mass is 9.99. The summed E-state index contributed by atoms with van der Waals surface area (Å²) in [4.78, 5) is 37.0. The fourth-order valence-electron chi connectivity index (χ4n) is 3.01. The molecule has 2 aromatic carbocycles. The van der Waals surface area contributed by atoms with Crippen molar-refractivity contribution < 1.29 is 23.2 Å². The summed E-state index contributed by atoms with van der Waals surface area (Å²) in [5.41, 5.74) is 1.15. The molecule has 1 aromatic heterocycles. The molecule has 1 amide bonds. The first-order chi connectivity index (χ1) is 14.4. The van der Waals surface area contributed by atoms with E-state index in [2.05, 4.69) is 10.4 Å². The van der Waals surface area contributed by atoms with Crippen LogP contribution in [0.15, 0.2) is 66.9 Å². The molecule has 0 aliphatic carbocycles. The molecule has 1 heterocycles. The van der Waals surface area contributed by atoms with Crippen LogP contribution in [0.25, 0.3) is 11.3 Å². The van der Waals surface area contributed by atoms with Crippen molar-refractivity contribution in [2.24, 2.45) is 0 Å². The Morgan fingerprint density at radius 3 is 2.17 bits per heavy atom. The van der Waals surface area contributed by atoms with Crippen LogP contribution in [0.1, 0.15) is 29.4 Å². The highest BCUT2D eigenvalue weighted by Crippen LogP contribution is 2.24. The Balaban J connectivity index is 1.93. The second-order valence-corrected chi connectivity index (χ2v) is 6.65. The van der Waals surface area contributed by atoms with Gasteiger partial charge in [-0.2, -0.15) is 13.9 Å². The van der Waals surface area contributed by atoms with E-state index >= 15 is 0 Å². The molecule has 6 nitrogen and oxygen atoms in total. The molecular formula is C22H19F2N3O3. The predicted molar refractivity (Wildman–Crippen MR) is 106 cm³/mol. The number of benzene rings is 2. The van der Waals surface area contributed by atoms with E-state index in [1.54, 1.807) is 60.7 Å². The second-order valence-electron chi connectivity index (χ2n) is 6.65. The number of nitrogens with one attached hydrogen (secondary N) is 1. The minimum Gasteiger partial charge on any atom is -0.341 e. The minimum absolute atomic E-state index is 0.0575. The van der Waals surface area contributed by atoms with Gasteiger partial charge in [0.1, 0.15) is 5.69 Å². The van der Waals surface area contributed by atoms with Crippen LogP contribution < -0.4 is 5.32 Å². The molecule has 1 atom stereocenters. The van der Waals surface area contributed by atoms with E-state index in [-0.39, 0.29) is 17.7 Å². The maximum absolute atomic E-state index is 13.2. The highest BCUT2D eigenvalue weighted by Gasteiger charge is 2.28. The molecule has 0 bridgehead atoms. The Morgan fingerprint density at radius 1 is 1.00 bits per heavy atom. The zero-order valence-electron chi connectivity index (χ0n) is 16.1. The van der Waals surface area contributed by atoms with Gasteiger partial charge in [-0.1, -0.05) is 60.7 Å². The predicted octanol–water partition coefficient (Wildman–Crippen LogP) is 3.44. The average Bonchev–Trinajstić information content (AvgIpc) is 3.20. The maximum atomic E-state index is 13.2. The van der Waals surface area contributed by atoms with Gasteiger partial charge in [0.2, 0.25) is 5.78 Å². The first-order valence-electron chi connectivity index (χ1n) is 9.19. The molecule has 3 rings (SSSR count). The SMILES string of the molecule is CC(=O)C(=O)C(Cc1ccccc1)NC(=O)c1cn(C(F)F)nc1-c1ccccc1. The van der Waals surface area contributed by atoms with Crippen LogP contribution in [0.5, 0.6) is 0 Å². The van der Waals surface area contributed by atoms with Crippen LogP contribution in [0, 0.1) is 0 Å². The summed E-state index contributed by atoms with van der Waals surface area (Å²) in [7, 11) is 0. The molecule has 0 aliphatic heterocycles. The standard InChI is InChI=1S/C22H19F2N3O3/c1-14(28)20(29)18(12-15-8-4-2-5-9-15)25-21(30)17-13-27(22(23)24)26-19(17)16-10-6-3-7-11-16/h2-11,13,18,22H,12H2,1H3,(H,25,30). The molecular weight excluding hydrogens is 392 g/mol. The van der Waals surface area contributed by atoms with Crippen molar-refractivity contribution in [3.63, 3.8) is 0 Å². The van der Waals surface area contributed by atoms with Crippen molar-refractivity contribution in [2.75, 3.05) is 0 Å². The summed E-state index contributed by atoms with van der Waals surface area (Å²) < 4.78 is 26.8. The topological polar surface area (TPSA) is 81.1 Å². The van der Waals surface area contributed by atoms with Crippen molar-refractivity contribution in [1.82, 2.24) is 15.1 Å². The molecule has 154 valence electrons. The van der Waals surface area contributed by atoms with E-state index in [0.717, 1.165) is 18.7 Å². The third-order valence-corrected chi connectivity index (χ3v) is 4.48. The summed E-state index contributed by atoms with van der Waals surface area (Å²) in [5, 5.41) is 6.34. The van der Waals surface area contributed by atoms with Crippen LogP contribution in [0.4, 0.5) is 8.78 Å². The fourth-order valence-corrected chi connectivity index (χ4v) is 3.01. The van der Waals surface area contributed by atoms with Gasteiger partial charge in [0.15, 0.2) is 5.78 Å². The first-order valence-corrected chi connectivity index (χ1v) is 9.19. The zero-order valence-corrected chi connectivity index (χ0v) is 16.1. The summed E-state index contributed by atoms with van der Waals surface area (Å²) in [6.07, 6.45) is 1.02. The van der Waals surface area contributed by atoms with Gasteiger partial charge in [-0.15, -0.1) is 0 Å². The molecule has 0 spiro atoms. The minimum atomic E-state index is -2.94. The van der Waals surface area contributed by atoms with E-state index in [1.165, 1.54) is 0 Å². The van der Waals surface area contributed by atoms with E-state index in [4.69, 9.17) is 0 Å². The van der Waals surface area contributed by atoms with Gasteiger partial charge in [-0.05, 0) is 5.56 Å². The van der Waals surface area contributed by atoms with Gasteiger partial charge in [0, 0.05) is 25.1 Å². The molecule has 0 saturated heterocycles. The summed E-state index contributed by atoms with van der Waals surface area (Å²) >= 11 is 0. The Labute approximate surface area is 171 Å². The lowest BCUT2D eigenvalue weighted by Crippen LogP contribution is -2.44. The summed E-state index contributed by atoms with van der Waals surface area (Å²) in [6.45, 7) is -1.82. The van der Waals surface area contributed by atoms with Crippen molar-refractivity contribution in [2.45, 2.75) is 25.9 Å². The molecule has 30 heavy (non-hydrogen) atoms. The molecule has 0 radical (unpaired) electrons. The quantitative estimate of drug-likeness (QED) is 0.576. The maximum Gasteiger partial charge on any atom is 0.333 e. The van der Waals surface area contributed by atoms with Crippen LogP contribution in [-0.2, 0) is 16.0 Å². The van der Waals surface area contributed by atoms with Crippen LogP contribution in [0.2, 0.25) is 0 Å². The number of ketones is 2. The number of amides is 1. The molecule has 0 saturated carbocycles. The third kappa shape index (κ3) is 4.83. The molecule has 0 aliphatic rings. The van der Waals surface area contributed by atoms with Crippen LogP contribution >= 0.6 is 0 Å². The smallest absolute Gasteiger partial charge is 0.333 e. The fraction of sp³-hybridized carbons (Fsp3) is 0.182. The molecule has 0 fully saturated rings. The number of carbonyl (C=O) groups excluding carboxylic acids is 3. The van der Waals surface area contributed by atoms with E-state index < -0.39 is 30.1 Å². The largest absolute Gasteiger partial charge is 0.341 e. The Hall–Kier alpha value is -3.68. The zero-order chi connectivity index (χ0) is 21.7. The van der Waals surface area contributed by atoms with Crippen molar-refractivity contribution in [1.29, 1.82) is 0 Å². The normalized spacial score (nSPS) is 11.9. The highest BCUT2D eigenvalue weighted by atomic mass is 19.3. The van der Waals surface area contributed by atoms with Gasteiger partial charge in [0.25, 0.3) is 5.91 Å². The Morgan fingerprint density at radius 2 is 1.60 bits per heavy atom. The lowest BCUT2D eigenvalue weighted by molar-refractivity contribution is -0.136. The number of hydrogen-bond acceptors (Lipinski definition) is 4. The van der Waals surface area contributed by atoms with Gasteiger partial charge >= 0.3 is 6.55 Å². The van der Waals surface area contributed by atoms with Crippen molar-refractivity contribution in [3.05, 3.63) is 78.0 Å². The van der Waals surface area contributed by atoms with Crippen LogP contribution in [0.3, 0.4) is 0 Å². The molecule has 3 aromatic rings. The number of alkyl halides is 2. The van der Waals surface area contributed by atoms with Gasteiger partial charge in [0.05, 0.1) is 11.6 Å². The molecule has 1 N–H and O–H groups in total. The number of hydrogen-bond donors (Lipinski definition) is 1. The van der Waals surface area contributed by atoms with Gasteiger partial charge < -0.3 is 5.32 Å². The number of halogens is 2. The third-order valence-electron chi connectivity index (χ3n) is 4.48. The number of Topliss-reactive ketones (excluding diaryl/α,β-unsaturated/α-hetero) is 2. The average molecular weight is 411 g/mol. The van der Waals surface area contributed by atoms with E-state index in [1.807, 2.05) is 0 Å². The number of nitrogens with zero attached hydrogens (tertiary/aromatic N) is 2. The van der Waals surface area contributed by atoms with Gasteiger partial charge in [-0.3, -0.25) is 14.4 Å². The van der Waals surface area contributed by atoms with E-state index in [9.17, 15) is 23.2 Å². The van der Waals surface area contributed by atoms with Gasteiger partial charge in [-0.25, -0.2) is 4.68 Å². The number of rotatable bonds is 8. The van der Waals surface area contributed by atoms with E-state index in [0.29, 0.717) is 10.2 Å². The van der Waals surface area contributed by atoms with Crippen LogP contribution in [-0.4, -0.2) is 33.3 Å². The number of carbonyl (C=O) groups is 3. The summed E-state index contributed by atoms with van der Waals surface area (Å²) in [5.74, 6) is -2.24. The van der Waals surface area contributed by atoms with Crippen molar-refractivity contribution in [3.8, 4) is 11.3 Å². The molecule has 1 unspecified atom stereocenters. The lowest BCUT2D eigenvalue weighted by Gasteiger charge is -2.16. The highest BCUT2D eigenvalue weighted by molar-refractivity contribution is 6.38. The van der Waals surface area contributed by atoms with Crippen molar-refractivity contribution >= 4 is 17.5 Å². The summed E-state index contributed by atoms with van der Waals surface area (Å²) in [6, 6.07) is 16.1. The monoisotopic (exact) mass is 411 g/mol. The molecule has 8 heteroatoms. The number of aromatic nitrogens is 2. The Bertz CT molecular complexity index is 1050.